The number of hydrogen-bond acceptors (Lipinski definition) is 2. The van der Waals surface area contributed by atoms with Gasteiger partial charge in [-0.2, -0.15) is 0 Å². The first-order valence-corrected chi connectivity index (χ1v) is 9.07. The van der Waals surface area contributed by atoms with E-state index in [1.807, 2.05) is 63.2 Å². The van der Waals surface area contributed by atoms with Gasteiger partial charge in [-0.25, -0.2) is 0 Å². The van der Waals surface area contributed by atoms with Crippen LogP contribution in [0.2, 0.25) is 0 Å². The summed E-state index contributed by atoms with van der Waals surface area (Å²) in [5.74, 6) is -0.0270. The summed E-state index contributed by atoms with van der Waals surface area (Å²) in [6.45, 7) is 9.98. The summed E-state index contributed by atoms with van der Waals surface area (Å²) in [6.07, 6.45) is 0. The molecule has 0 radical (unpaired) electrons. The predicted molar refractivity (Wildman–Crippen MR) is 106 cm³/mol. The molecule has 0 bridgehead atoms. The average Bonchev–Trinajstić information content (AvgIpc) is 2.59. The monoisotopic (exact) mass is 352 g/mol. The molecule has 0 aliphatic rings. The number of carbonyl (C=O) groups is 2. The van der Waals surface area contributed by atoms with Gasteiger partial charge in [0.05, 0.1) is 0 Å². The van der Waals surface area contributed by atoms with Crippen LogP contribution in [0.3, 0.4) is 0 Å². The first-order chi connectivity index (χ1) is 12.3. The molecule has 1 unspecified atom stereocenters. The van der Waals surface area contributed by atoms with Gasteiger partial charge in [0.15, 0.2) is 0 Å². The number of benzene rings is 2. The Bertz CT molecular complexity index is 764. The molecule has 0 aliphatic carbocycles. The molecule has 0 fully saturated rings. The maximum absolute atomic E-state index is 12.7. The smallest absolute Gasteiger partial charge is 0.252 e. The molecule has 0 saturated carbocycles. The van der Waals surface area contributed by atoms with Crippen LogP contribution in [0.5, 0.6) is 0 Å². The zero-order chi connectivity index (χ0) is 19.3. The minimum Gasteiger partial charge on any atom is -0.340 e. The van der Waals surface area contributed by atoms with Crippen molar-refractivity contribution >= 4 is 17.5 Å². The summed E-state index contributed by atoms with van der Waals surface area (Å²) in [4.78, 5) is 25.3. The molecule has 2 N–H and O–H groups in total. The summed E-state index contributed by atoms with van der Waals surface area (Å²) in [5, 5.41) is 5.78. The van der Waals surface area contributed by atoms with Crippen LogP contribution in [0.15, 0.2) is 48.5 Å². The third kappa shape index (κ3) is 4.94. The first kappa shape index (κ1) is 19.7. The van der Waals surface area contributed by atoms with Crippen LogP contribution in [0, 0.1) is 12.8 Å². The van der Waals surface area contributed by atoms with E-state index in [-0.39, 0.29) is 17.7 Å². The molecule has 0 aliphatic heterocycles. The third-order valence-electron chi connectivity index (χ3n) is 4.47. The van der Waals surface area contributed by atoms with Gasteiger partial charge >= 0.3 is 0 Å². The highest BCUT2D eigenvalue weighted by Crippen LogP contribution is 2.18. The van der Waals surface area contributed by atoms with Gasteiger partial charge < -0.3 is 10.6 Å². The molecule has 1 atom stereocenters. The summed E-state index contributed by atoms with van der Waals surface area (Å²) < 4.78 is 0. The second-order valence-corrected chi connectivity index (χ2v) is 7.28. The molecule has 0 saturated heterocycles. The van der Waals surface area contributed by atoms with E-state index in [4.69, 9.17) is 0 Å². The molecule has 4 nitrogen and oxygen atoms in total. The van der Waals surface area contributed by atoms with Crippen molar-refractivity contribution in [3.05, 3.63) is 65.2 Å². The highest BCUT2D eigenvalue weighted by atomic mass is 16.2. The van der Waals surface area contributed by atoms with E-state index in [0.717, 1.165) is 11.3 Å². The zero-order valence-corrected chi connectivity index (χ0v) is 16.2. The van der Waals surface area contributed by atoms with Gasteiger partial charge in [-0.3, -0.25) is 9.59 Å². The van der Waals surface area contributed by atoms with Gasteiger partial charge in [0.1, 0.15) is 6.04 Å². The minimum absolute atomic E-state index is 0.0297. The quantitative estimate of drug-likeness (QED) is 0.803. The van der Waals surface area contributed by atoms with Crippen molar-refractivity contribution in [3.63, 3.8) is 0 Å². The van der Waals surface area contributed by atoms with E-state index in [1.54, 1.807) is 6.07 Å². The lowest BCUT2D eigenvalue weighted by Gasteiger charge is -2.22. The van der Waals surface area contributed by atoms with Crippen molar-refractivity contribution in [2.75, 3.05) is 5.32 Å². The van der Waals surface area contributed by atoms with Crippen LogP contribution in [0.1, 0.15) is 55.1 Å². The fourth-order valence-corrected chi connectivity index (χ4v) is 2.75. The predicted octanol–water partition coefficient (Wildman–Crippen LogP) is 4.51. The summed E-state index contributed by atoms with van der Waals surface area (Å²) in [5.41, 5.74) is 3.43. The van der Waals surface area contributed by atoms with E-state index >= 15 is 0 Å². The fourth-order valence-electron chi connectivity index (χ4n) is 2.75. The lowest BCUT2D eigenvalue weighted by atomic mass is 10.0. The van der Waals surface area contributed by atoms with E-state index in [2.05, 4.69) is 24.5 Å². The maximum Gasteiger partial charge on any atom is 0.252 e. The van der Waals surface area contributed by atoms with Gasteiger partial charge in [-0.1, -0.05) is 58.0 Å². The Morgan fingerprint density at radius 1 is 0.885 bits per heavy atom. The van der Waals surface area contributed by atoms with E-state index in [9.17, 15) is 9.59 Å². The average molecular weight is 352 g/mol. The molecule has 0 aromatic heterocycles. The largest absolute Gasteiger partial charge is 0.340 e. The van der Waals surface area contributed by atoms with Crippen molar-refractivity contribution in [1.82, 2.24) is 5.32 Å². The topological polar surface area (TPSA) is 58.2 Å². The van der Waals surface area contributed by atoms with Gasteiger partial charge in [0.2, 0.25) is 5.91 Å². The molecular weight excluding hydrogens is 324 g/mol. The maximum atomic E-state index is 12.7. The molecule has 0 heterocycles. The van der Waals surface area contributed by atoms with Crippen LogP contribution in [-0.2, 0) is 4.79 Å². The van der Waals surface area contributed by atoms with E-state index in [0.29, 0.717) is 11.5 Å². The van der Waals surface area contributed by atoms with Crippen LogP contribution >= 0.6 is 0 Å². The second kappa shape index (κ2) is 8.65. The molecule has 138 valence electrons. The Hall–Kier alpha value is -2.62. The van der Waals surface area contributed by atoms with Crippen molar-refractivity contribution in [2.45, 2.75) is 46.6 Å². The van der Waals surface area contributed by atoms with Crippen molar-refractivity contribution in [1.29, 1.82) is 0 Å². The fraction of sp³-hybridized carbons (Fsp3) is 0.364. The second-order valence-electron chi connectivity index (χ2n) is 7.28. The summed E-state index contributed by atoms with van der Waals surface area (Å²) >= 11 is 0. The van der Waals surface area contributed by atoms with Gasteiger partial charge in [-0.05, 0) is 48.1 Å². The number of hydrogen-bond donors (Lipinski definition) is 2. The summed E-state index contributed by atoms with van der Waals surface area (Å²) in [6, 6.07) is 14.6. The Morgan fingerprint density at radius 3 is 2.04 bits per heavy atom. The van der Waals surface area contributed by atoms with Crippen LogP contribution < -0.4 is 10.6 Å². The van der Waals surface area contributed by atoms with Gasteiger partial charge in [-0.15, -0.1) is 0 Å². The lowest BCUT2D eigenvalue weighted by molar-refractivity contribution is -0.118. The molecule has 2 amide bonds. The highest BCUT2D eigenvalue weighted by molar-refractivity contribution is 6.01. The molecule has 2 aromatic carbocycles. The number of aryl methyl sites for hydroxylation is 1. The molecular formula is C22H28N2O2. The van der Waals surface area contributed by atoms with Crippen molar-refractivity contribution in [2.24, 2.45) is 5.92 Å². The van der Waals surface area contributed by atoms with Crippen LogP contribution in [0.25, 0.3) is 0 Å². The summed E-state index contributed by atoms with van der Waals surface area (Å²) in [7, 11) is 0. The first-order valence-electron chi connectivity index (χ1n) is 9.07. The SMILES string of the molecule is Cc1ccccc1C(=O)NC(C(=O)Nc1ccc(C(C)C)cc1)C(C)C. The number of rotatable bonds is 6. The Labute approximate surface area is 156 Å². The molecule has 4 heteroatoms. The lowest BCUT2D eigenvalue weighted by Crippen LogP contribution is -2.47. The number of carbonyl (C=O) groups excluding carboxylic acids is 2. The highest BCUT2D eigenvalue weighted by Gasteiger charge is 2.25. The molecule has 0 spiro atoms. The minimum atomic E-state index is -0.605. The van der Waals surface area contributed by atoms with Crippen molar-refractivity contribution < 1.29 is 9.59 Å². The zero-order valence-electron chi connectivity index (χ0n) is 16.2. The van der Waals surface area contributed by atoms with Crippen LogP contribution in [0.4, 0.5) is 5.69 Å². The van der Waals surface area contributed by atoms with Gasteiger partial charge in [0, 0.05) is 11.3 Å². The number of amides is 2. The van der Waals surface area contributed by atoms with E-state index < -0.39 is 6.04 Å². The third-order valence-corrected chi connectivity index (χ3v) is 4.47. The number of nitrogens with one attached hydrogen (secondary N) is 2. The molecule has 2 aromatic rings. The van der Waals surface area contributed by atoms with E-state index in [1.165, 1.54) is 5.56 Å². The molecule has 2 rings (SSSR count). The Morgan fingerprint density at radius 2 is 1.50 bits per heavy atom. The van der Waals surface area contributed by atoms with Crippen molar-refractivity contribution in [3.8, 4) is 0 Å². The number of anilines is 1. The Balaban J connectivity index is 2.10. The molecule has 26 heavy (non-hydrogen) atoms. The standard InChI is InChI=1S/C22H28N2O2/c1-14(2)17-10-12-18(13-11-17)23-22(26)20(15(3)4)24-21(25)19-9-7-6-8-16(19)5/h6-15,20H,1-5H3,(H,23,26)(H,24,25). The van der Waals surface area contributed by atoms with Gasteiger partial charge in [0.25, 0.3) is 5.91 Å². The normalized spacial score (nSPS) is 12.1. The van der Waals surface area contributed by atoms with Crippen LogP contribution in [-0.4, -0.2) is 17.9 Å². The Kier molecular flexibility index (Phi) is 6.56.